The summed E-state index contributed by atoms with van der Waals surface area (Å²) in [5, 5.41) is 7.42. The molecule has 0 radical (unpaired) electrons. The fraction of sp³-hybridized carbons (Fsp3) is 0.250. The van der Waals surface area contributed by atoms with Gasteiger partial charge in [0.15, 0.2) is 0 Å². The van der Waals surface area contributed by atoms with Crippen LogP contribution in [-0.2, 0) is 11.3 Å². The molecular formula is C20H21FN6O. The molecule has 1 aliphatic heterocycles. The topological polar surface area (TPSA) is 83.9 Å². The highest BCUT2D eigenvalue weighted by molar-refractivity contribution is 5.94. The summed E-state index contributed by atoms with van der Waals surface area (Å²) in [6.07, 6.45) is 4.02. The van der Waals surface area contributed by atoms with E-state index in [2.05, 4.69) is 26.3 Å². The molecule has 1 aliphatic rings. The van der Waals surface area contributed by atoms with Crippen molar-refractivity contribution in [3.8, 4) is 0 Å². The second kappa shape index (κ2) is 7.87. The Morgan fingerprint density at radius 3 is 2.71 bits per heavy atom. The van der Waals surface area contributed by atoms with Gasteiger partial charge in [-0.1, -0.05) is 12.1 Å². The Balaban J connectivity index is 1.42. The summed E-state index contributed by atoms with van der Waals surface area (Å²) in [5.74, 6) is 0.223. The minimum Gasteiger partial charge on any atom is -0.309 e. The first-order valence-electron chi connectivity index (χ1n) is 9.09. The molecule has 3 heterocycles. The van der Waals surface area contributed by atoms with Gasteiger partial charge in [-0.25, -0.2) is 19.9 Å². The maximum absolute atomic E-state index is 13.1. The summed E-state index contributed by atoms with van der Waals surface area (Å²) in [6, 6.07) is 11.5. The molecule has 3 N–H and O–H groups in total. The minimum absolute atomic E-state index is 0.0557. The Morgan fingerprint density at radius 1 is 1.21 bits per heavy atom. The molecule has 2 unspecified atom stereocenters. The van der Waals surface area contributed by atoms with Gasteiger partial charge in [0.2, 0.25) is 5.91 Å². The SMILES string of the molecule is Cc1cc(NC(=O)C2CC(c3ccc(F)cc3)NN2)n(Cc2ccncc2)n1. The van der Waals surface area contributed by atoms with Gasteiger partial charge >= 0.3 is 0 Å². The van der Waals surface area contributed by atoms with Crippen LogP contribution in [-0.4, -0.2) is 26.7 Å². The molecule has 144 valence electrons. The summed E-state index contributed by atoms with van der Waals surface area (Å²) < 4.78 is 14.9. The predicted molar refractivity (Wildman–Crippen MR) is 103 cm³/mol. The monoisotopic (exact) mass is 380 g/mol. The summed E-state index contributed by atoms with van der Waals surface area (Å²) in [6.45, 7) is 2.43. The Bertz CT molecular complexity index is 957. The number of carbonyl (C=O) groups excluding carboxylic acids is 1. The van der Waals surface area contributed by atoms with Crippen molar-refractivity contribution in [1.82, 2.24) is 25.6 Å². The van der Waals surface area contributed by atoms with Gasteiger partial charge in [-0.15, -0.1) is 0 Å². The number of nitrogens with one attached hydrogen (secondary N) is 3. The number of anilines is 1. The zero-order valence-electron chi connectivity index (χ0n) is 15.4. The number of halogens is 1. The second-order valence-electron chi connectivity index (χ2n) is 6.85. The molecule has 0 bridgehead atoms. The lowest BCUT2D eigenvalue weighted by molar-refractivity contribution is -0.117. The standard InChI is InChI=1S/C20H21FN6O/c1-13-10-19(27(26-13)12-14-6-8-22-9-7-14)23-20(28)18-11-17(24-25-18)15-2-4-16(21)5-3-15/h2-10,17-18,24-25H,11-12H2,1H3,(H,23,28). The highest BCUT2D eigenvalue weighted by Gasteiger charge is 2.30. The number of hydrogen-bond acceptors (Lipinski definition) is 5. The number of benzene rings is 1. The number of amides is 1. The van der Waals surface area contributed by atoms with E-state index >= 15 is 0 Å². The average molecular weight is 380 g/mol. The van der Waals surface area contributed by atoms with Gasteiger partial charge < -0.3 is 5.32 Å². The molecule has 0 saturated carbocycles. The molecule has 8 heteroatoms. The number of nitrogens with zero attached hydrogens (tertiary/aromatic N) is 3. The number of hydrogen-bond donors (Lipinski definition) is 3. The van der Waals surface area contributed by atoms with Gasteiger partial charge in [0, 0.05) is 24.5 Å². The normalized spacial score (nSPS) is 18.9. The highest BCUT2D eigenvalue weighted by atomic mass is 19.1. The van der Waals surface area contributed by atoms with E-state index in [9.17, 15) is 9.18 Å². The van der Waals surface area contributed by atoms with Crippen molar-refractivity contribution in [2.45, 2.75) is 32.0 Å². The number of aryl methyl sites for hydroxylation is 1. The van der Waals surface area contributed by atoms with Crippen molar-refractivity contribution in [3.05, 3.63) is 77.5 Å². The lowest BCUT2D eigenvalue weighted by Crippen LogP contribution is -2.40. The molecular weight excluding hydrogens is 359 g/mol. The van der Waals surface area contributed by atoms with Gasteiger partial charge in [0.1, 0.15) is 17.7 Å². The van der Waals surface area contributed by atoms with E-state index in [0.29, 0.717) is 18.8 Å². The third-order valence-corrected chi connectivity index (χ3v) is 4.73. The van der Waals surface area contributed by atoms with Crippen molar-refractivity contribution < 1.29 is 9.18 Å². The van der Waals surface area contributed by atoms with Gasteiger partial charge in [0.25, 0.3) is 0 Å². The quantitative estimate of drug-likeness (QED) is 0.633. The number of hydrazine groups is 1. The van der Waals surface area contributed by atoms with Crippen LogP contribution >= 0.6 is 0 Å². The van der Waals surface area contributed by atoms with Crippen LogP contribution in [0.5, 0.6) is 0 Å². The zero-order valence-corrected chi connectivity index (χ0v) is 15.4. The maximum Gasteiger partial charge on any atom is 0.244 e. The third kappa shape index (κ3) is 4.08. The first-order chi connectivity index (χ1) is 13.6. The van der Waals surface area contributed by atoms with Crippen LogP contribution in [0, 0.1) is 12.7 Å². The first-order valence-corrected chi connectivity index (χ1v) is 9.09. The molecule has 3 aromatic rings. The molecule has 1 aromatic carbocycles. The summed E-state index contributed by atoms with van der Waals surface area (Å²) in [5.41, 5.74) is 8.93. The second-order valence-corrected chi connectivity index (χ2v) is 6.85. The summed E-state index contributed by atoms with van der Waals surface area (Å²) >= 11 is 0. The molecule has 2 atom stereocenters. The predicted octanol–water partition coefficient (Wildman–Crippen LogP) is 2.32. The number of pyridine rings is 1. The van der Waals surface area contributed by atoms with Crippen molar-refractivity contribution in [2.24, 2.45) is 0 Å². The van der Waals surface area contributed by atoms with Crippen molar-refractivity contribution >= 4 is 11.7 Å². The minimum atomic E-state index is -0.403. The van der Waals surface area contributed by atoms with E-state index in [1.807, 2.05) is 25.1 Å². The van der Waals surface area contributed by atoms with E-state index in [-0.39, 0.29) is 17.8 Å². The van der Waals surface area contributed by atoms with Crippen LogP contribution in [0.2, 0.25) is 0 Å². The van der Waals surface area contributed by atoms with Crippen LogP contribution in [0.25, 0.3) is 0 Å². The molecule has 0 spiro atoms. The molecule has 28 heavy (non-hydrogen) atoms. The smallest absolute Gasteiger partial charge is 0.244 e. The van der Waals surface area contributed by atoms with E-state index in [1.54, 1.807) is 29.2 Å². The van der Waals surface area contributed by atoms with Gasteiger partial charge in [0.05, 0.1) is 12.2 Å². The molecule has 2 aromatic heterocycles. The van der Waals surface area contributed by atoms with Gasteiger partial charge in [-0.3, -0.25) is 9.78 Å². The average Bonchev–Trinajstić information content (AvgIpc) is 3.30. The third-order valence-electron chi connectivity index (χ3n) is 4.73. The Hall–Kier alpha value is -3.10. The lowest BCUT2D eigenvalue weighted by Gasteiger charge is -2.12. The maximum atomic E-state index is 13.1. The Kier molecular flexibility index (Phi) is 5.14. The molecule has 1 amide bonds. The zero-order chi connectivity index (χ0) is 19.5. The Morgan fingerprint density at radius 2 is 1.96 bits per heavy atom. The van der Waals surface area contributed by atoms with Crippen LogP contribution in [0.3, 0.4) is 0 Å². The largest absolute Gasteiger partial charge is 0.309 e. The number of carbonyl (C=O) groups is 1. The van der Waals surface area contributed by atoms with E-state index in [4.69, 9.17) is 0 Å². The van der Waals surface area contributed by atoms with Gasteiger partial charge in [-0.05, 0) is 48.7 Å². The molecule has 4 rings (SSSR count). The molecule has 0 aliphatic carbocycles. The number of rotatable bonds is 5. The van der Waals surface area contributed by atoms with Crippen molar-refractivity contribution in [2.75, 3.05) is 5.32 Å². The van der Waals surface area contributed by atoms with Crippen molar-refractivity contribution in [3.63, 3.8) is 0 Å². The first kappa shape index (κ1) is 18.3. The fourth-order valence-corrected chi connectivity index (χ4v) is 3.28. The van der Waals surface area contributed by atoms with Crippen LogP contribution in [0.15, 0.2) is 54.9 Å². The lowest BCUT2D eigenvalue weighted by atomic mass is 10.0. The number of aromatic nitrogens is 3. The molecule has 7 nitrogen and oxygen atoms in total. The van der Waals surface area contributed by atoms with Crippen molar-refractivity contribution in [1.29, 1.82) is 0 Å². The summed E-state index contributed by atoms with van der Waals surface area (Å²) in [4.78, 5) is 16.8. The Labute approximate surface area is 162 Å². The highest BCUT2D eigenvalue weighted by Crippen LogP contribution is 2.23. The fourth-order valence-electron chi connectivity index (χ4n) is 3.28. The summed E-state index contributed by atoms with van der Waals surface area (Å²) in [7, 11) is 0. The molecule has 1 saturated heterocycles. The van der Waals surface area contributed by atoms with Crippen LogP contribution < -0.4 is 16.2 Å². The van der Waals surface area contributed by atoms with Gasteiger partial charge in [-0.2, -0.15) is 5.10 Å². The van der Waals surface area contributed by atoms with Crippen LogP contribution in [0.1, 0.15) is 29.3 Å². The van der Waals surface area contributed by atoms with E-state index < -0.39 is 6.04 Å². The van der Waals surface area contributed by atoms with E-state index in [1.165, 1.54) is 12.1 Å². The van der Waals surface area contributed by atoms with E-state index in [0.717, 1.165) is 16.8 Å². The van der Waals surface area contributed by atoms with Crippen LogP contribution in [0.4, 0.5) is 10.2 Å². The molecule has 1 fully saturated rings.